The summed E-state index contributed by atoms with van der Waals surface area (Å²) >= 11 is 2.98. The summed E-state index contributed by atoms with van der Waals surface area (Å²) in [4.78, 5) is 2.17. The van der Waals surface area contributed by atoms with Crippen molar-refractivity contribution in [2.75, 3.05) is 50.6 Å². The van der Waals surface area contributed by atoms with E-state index in [4.69, 9.17) is 10.00 Å². The Bertz CT molecular complexity index is 376. The highest BCUT2D eigenvalue weighted by Crippen LogP contribution is 2.07. The van der Waals surface area contributed by atoms with Crippen LogP contribution in [-0.2, 0) is 14.8 Å². The van der Waals surface area contributed by atoms with E-state index < -0.39 is 10.0 Å². The standard InChI is InChI=1S/C10H18BrN3O3S/c11-10-18(15,16)14(3-1-2-12)5-4-13-6-8-17-9-7-13/h1,3-10H2. The quantitative estimate of drug-likeness (QED) is 0.620. The van der Waals surface area contributed by atoms with Crippen LogP contribution in [0.4, 0.5) is 0 Å². The summed E-state index contributed by atoms with van der Waals surface area (Å²) in [7, 11) is -3.29. The summed E-state index contributed by atoms with van der Waals surface area (Å²) in [6.07, 6.45) is 0.218. The van der Waals surface area contributed by atoms with E-state index >= 15 is 0 Å². The largest absolute Gasteiger partial charge is 0.379 e. The van der Waals surface area contributed by atoms with Gasteiger partial charge in [-0.15, -0.1) is 0 Å². The van der Waals surface area contributed by atoms with Gasteiger partial charge in [-0.1, -0.05) is 15.9 Å². The van der Waals surface area contributed by atoms with Crippen LogP contribution >= 0.6 is 15.9 Å². The SMILES string of the molecule is N#CCCN(CCN1CCOCC1)S(=O)(=O)CBr. The Labute approximate surface area is 117 Å². The van der Waals surface area contributed by atoms with Gasteiger partial charge in [0, 0.05) is 39.1 Å². The van der Waals surface area contributed by atoms with Crippen LogP contribution in [0.1, 0.15) is 6.42 Å². The molecular weight excluding hydrogens is 322 g/mol. The van der Waals surface area contributed by atoms with Crippen molar-refractivity contribution in [2.45, 2.75) is 6.42 Å². The van der Waals surface area contributed by atoms with E-state index in [1.54, 1.807) is 0 Å². The fourth-order valence-corrected chi connectivity index (χ4v) is 3.45. The van der Waals surface area contributed by atoms with Gasteiger partial charge < -0.3 is 4.74 Å². The van der Waals surface area contributed by atoms with Gasteiger partial charge in [0.2, 0.25) is 10.0 Å². The Morgan fingerprint density at radius 1 is 1.33 bits per heavy atom. The van der Waals surface area contributed by atoms with Gasteiger partial charge in [0.1, 0.15) is 4.66 Å². The number of hydrogen-bond donors (Lipinski definition) is 0. The van der Waals surface area contributed by atoms with Gasteiger partial charge in [0.25, 0.3) is 0 Å². The molecule has 0 spiro atoms. The number of morpholine rings is 1. The molecule has 0 aromatic heterocycles. The summed E-state index contributed by atoms with van der Waals surface area (Å²) in [5, 5.41) is 8.56. The van der Waals surface area contributed by atoms with Gasteiger partial charge >= 0.3 is 0 Å². The Kier molecular flexibility index (Phi) is 7.11. The molecule has 6 nitrogen and oxygen atoms in total. The molecular formula is C10H18BrN3O3S. The van der Waals surface area contributed by atoms with E-state index in [1.165, 1.54) is 4.31 Å². The fourth-order valence-electron chi connectivity index (χ4n) is 1.71. The number of ether oxygens (including phenoxy) is 1. The molecule has 1 rings (SSSR count). The normalized spacial score (nSPS) is 17.8. The number of rotatable bonds is 7. The highest BCUT2D eigenvalue weighted by molar-refractivity contribution is 9.10. The van der Waals surface area contributed by atoms with Crippen LogP contribution in [0.5, 0.6) is 0 Å². The molecule has 1 fully saturated rings. The topological polar surface area (TPSA) is 73.6 Å². The lowest BCUT2D eigenvalue weighted by Crippen LogP contribution is -2.43. The third-order valence-corrected chi connectivity index (χ3v) is 5.94. The maximum absolute atomic E-state index is 11.8. The van der Waals surface area contributed by atoms with Crippen molar-refractivity contribution in [1.29, 1.82) is 5.26 Å². The molecule has 0 aromatic rings. The van der Waals surface area contributed by atoms with Gasteiger partial charge in [-0.05, 0) is 0 Å². The smallest absolute Gasteiger partial charge is 0.224 e. The minimum Gasteiger partial charge on any atom is -0.379 e. The minimum absolute atomic E-state index is 0.103. The molecule has 0 unspecified atom stereocenters. The molecule has 0 bridgehead atoms. The second kappa shape index (κ2) is 8.07. The van der Waals surface area contributed by atoms with E-state index in [9.17, 15) is 8.42 Å². The summed E-state index contributed by atoms with van der Waals surface area (Å²) in [6, 6.07) is 1.98. The summed E-state index contributed by atoms with van der Waals surface area (Å²) in [6.45, 7) is 4.43. The van der Waals surface area contributed by atoms with Crippen molar-refractivity contribution >= 4 is 26.0 Å². The first kappa shape index (κ1) is 15.9. The number of alkyl halides is 1. The second-order valence-electron chi connectivity index (χ2n) is 3.98. The molecule has 8 heteroatoms. The Morgan fingerprint density at radius 3 is 2.56 bits per heavy atom. The Morgan fingerprint density at radius 2 is 2.00 bits per heavy atom. The van der Waals surface area contributed by atoms with Crippen molar-refractivity contribution in [3.8, 4) is 6.07 Å². The van der Waals surface area contributed by atoms with Crippen LogP contribution in [0.15, 0.2) is 0 Å². The molecule has 0 aromatic carbocycles. The van der Waals surface area contributed by atoms with Gasteiger partial charge in [-0.25, -0.2) is 8.42 Å². The minimum atomic E-state index is -3.29. The predicted molar refractivity (Wildman–Crippen MR) is 71.8 cm³/mol. The van der Waals surface area contributed by atoms with Gasteiger partial charge in [-0.3, -0.25) is 4.90 Å². The molecule has 104 valence electrons. The lowest BCUT2D eigenvalue weighted by molar-refractivity contribution is 0.0363. The van der Waals surface area contributed by atoms with Gasteiger partial charge in [0.15, 0.2) is 0 Å². The van der Waals surface area contributed by atoms with Crippen LogP contribution in [0.2, 0.25) is 0 Å². The highest BCUT2D eigenvalue weighted by atomic mass is 79.9. The Balaban J connectivity index is 2.47. The maximum Gasteiger partial charge on any atom is 0.224 e. The van der Waals surface area contributed by atoms with Crippen LogP contribution in [0.25, 0.3) is 0 Å². The van der Waals surface area contributed by atoms with Gasteiger partial charge in [-0.2, -0.15) is 9.57 Å². The van der Waals surface area contributed by atoms with Crippen molar-refractivity contribution in [2.24, 2.45) is 0 Å². The molecule has 0 saturated carbocycles. The molecule has 1 saturated heterocycles. The molecule has 0 atom stereocenters. The van der Waals surface area contributed by atoms with E-state index in [2.05, 4.69) is 20.8 Å². The number of hydrogen-bond acceptors (Lipinski definition) is 5. The van der Waals surface area contributed by atoms with Crippen LogP contribution in [0.3, 0.4) is 0 Å². The molecule has 0 amide bonds. The van der Waals surface area contributed by atoms with Crippen LogP contribution in [-0.4, -0.2) is 68.2 Å². The van der Waals surface area contributed by atoms with Gasteiger partial charge in [0.05, 0.1) is 19.3 Å². The van der Waals surface area contributed by atoms with Crippen LogP contribution in [0, 0.1) is 11.3 Å². The van der Waals surface area contributed by atoms with Crippen molar-refractivity contribution in [3.05, 3.63) is 0 Å². The molecule has 1 heterocycles. The number of sulfonamides is 1. The summed E-state index contributed by atoms with van der Waals surface area (Å²) < 4.78 is 30.1. The van der Waals surface area contributed by atoms with Crippen molar-refractivity contribution in [1.82, 2.24) is 9.21 Å². The zero-order valence-corrected chi connectivity index (χ0v) is 12.6. The first-order valence-corrected chi connectivity index (χ1v) is 8.54. The Hall–Kier alpha value is -0.200. The third kappa shape index (κ3) is 5.20. The zero-order chi connectivity index (χ0) is 13.4. The molecule has 1 aliphatic rings. The molecule has 0 aliphatic carbocycles. The van der Waals surface area contributed by atoms with E-state index in [0.29, 0.717) is 26.3 Å². The lowest BCUT2D eigenvalue weighted by Gasteiger charge is -2.29. The number of halogens is 1. The maximum atomic E-state index is 11.8. The fraction of sp³-hybridized carbons (Fsp3) is 0.900. The average molecular weight is 340 g/mol. The highest BCUT2D eigenvalue weighted by Gasteiger charge is 2.21. The van der Waals surface area contributed by atoms with Crippen LogP contribution < -0.4 is 0 Å². The molecule has 0 N–H and O–H groups in total. The molecule has 0 radical (unpaired) electrons. The molecule has 18 heavy (non-hydrogen) atoms. The monoisotopic (exact) mass is 339 g/mol. The summed E-state index contributed by atoms with van der Waals surface area (Å²) in [5.41, 5.74) is 0. The first-order valence-electron chi connectivity index (χ1n) is 5.81. The average Bonchev–Trinajstić information content (AvgIpc) is 2.39. The second-order valence-corrected chi connectivity index (χ2v) is 7.25. The third-order valence-electron chi connectivity index (χ3n) is 2.77. The van der Waals surface area contributed by atoms with Crippen molar-refractivity contribution in [3.63, 3.8) is 0 Å². The van der Waals surface area contributed by atoms with E-state index in [1.807, 2.05) is 6.07 Å². The number of nitriles is 1. The summed E-state index contributed by atoms with van der Waals surface area (Å²) in [5.74, 6) is 0. The van der Waals surface area contributed by atoms with E-state index in [0.717, 1.165) is 13.1 Å². The van der Waals surface area contributed by atoms with E-state index in [-0.39, 0.29) is 17.6 Å². The molecule has 1 aliphatic heterocycles. The zero-order valence-electron chi connectivity index (χ0n) is 10.2. The van der Waals surface area contributed by atoms with Crippen molar-refractivity contribution < 1.29 is 13.2 Å². The number of nitrogens with zero attached hydrogens (tertiary/aromatic N) is 3. The first-order chi connectivity index (χ1) is 8.60. The lowest BCUT2D eigenvalue weighted by atomic mass is 10.4. The predicted octanol–water partition coefficient (Wildman–Crippen LogP) is 0.216.